The Balaban J connectivity index is 1.81. The maximum atomic E-state index is 12.4. The van der Waals surface area contributed by atoms with E-state index < -0.39 is 0 Å². The second-order valence-corrected chi connectivity index (χ2v) is 4.78. The number of benzene rings is 1. The number of hydrogen-bond donors (Lipinski definition) is 0. The normalized spacial score (nSPS) is 19.1. The summed E-state index contributed by atoms with van der Waals surface area (Å²) >= 11 is 0. The van der Waals surface area contributed by atoms with Crippen molar-refractivity contribution in [2.75, 3.05) is 19.8 Å². The highest BCUT2D eigenvalue weighted by atomic mass is 16.5. The molecule has 2 heterocycles. The quantitative estimate of drug-likeness (QED) is 0.822. The van der Waals surface area contributed by atoms with Crippen molar-refractivity contribution in [1.29, 1.82) is 0 Å². The lowest BCUT2D eigenvalue weighted by molar-refractivity contribution is 0.00325. The minimum absolute atomic E-state index is 0.0677. The molecule has 0 bridgehead atoms. The van der Waals surface area contributed by atoms with Crippen LogP contribution in [0.2, 0.25) is 0 Å². The van der Waals surface area contributed by atoms with Crippen LogP contribution in [0.1, 0.15) is 17.4 Å². The predicted octanol–water partition coefficient (Wildman–Crippen LogP) is 1.13. The van der Waals surface area contributed by atoms with Crippen LogP contribution in [0.4, 0.5) is 0 Å². The Kier molecular flexibility index (Phi) is 3.47. The van der Waals surface area contributed by atoms with Gasteiger partial charge in [0.15, 0.2) is 5.69 Å². The van der Waals surface area contributed by atoms with Gasteiger partial charge in [0, 0.05) is 6.54 Å². The van der Waals surface area contributed by atoms with Crippen LogP contribution in [0.3, 0.4) is 0 Å². The standard InChI is InChI=1S/C14H16N4O2/c1-11-10-20-8-7-17(11)14(19)13-9-15-18(16-13)12-5-3-2-4-6-12/h2-6,9,11H,7-8,10H2,1H3/t11-/m1/s1. The third kappa shape index (κ3) is 2.42. The Morgan fingerprint density at radius 2 is 2.15 bits per heavy atom. The molecule has 6 heteroatoms. The van der Waals surface area contributed by atoms with E-state index in [1.165, 1.54) is 11.0 Å². The van der Waals surface area contributed by atoms with Gasteiger partial charge in [-0.25, -0.2) is 0 Å². The first kappa shape index (κ1) is 12.8. The van der Waals surface area contributed by atoms with Crippen LogP contribution in [0.5, 0.6) is 0 Å². The predicted molar refractivity (Wildman–Crippen MR) is 72.7 cm³/mol. The first-order chi connectivity index (χ1) is 9.75. The summed E-state index contributed by atoms with van der Waals surface area (Å²) in [6, 6.07) is 9.60. The summed E-state index contributed by atoms with van der Waals surface area (Å²) in [5.74, 6) is -0.0945. The van der Waals surface area contributed by atoms with Gasteiger partial charge in [-0.3, -0.25) is 4.79 Å². The van der Waals surface area contributed by atoms with Crippen LogP contribution in [0.15, 0.2) is 36.5 Å². The van der Waals surface area contributed by atoms with Gasteiger partial charge in [-0.2, -0.15) is 9.90 Å². The van der Waals surface area contributed by atoms with E-state index in [9.17, 15) is 4.79 Å². The van der Waals surface area contributed by atoms with Gasteiger partial charge >= 0.3 is 0 Å². The Hall–Kier alpha value is -2.21. The Morgan fingerprint density at radius 1 is 1.35 bits per heavy atom. The van der Waals surface area contributed by atoms with Gasteiger partial charge in [0.05, 0.1) is 31.1 Å². The molecule has 2 aromatic rings. The molecule has 0 unspecified atom stereocenters. The van der Waals surface area contributed by atoms with Gasteiger partial charge < -0.3 is 9.64 Å². The number of amides is 1. The average molecular weight is 272 g/mol. The van der Waals surface area contributed by atoms with Crippen LogP contribution in [0, 0.1) is 0 Å². The molecule has 1 aromatic heterocycles. The molecule has 1 aliphatic rings. The molecule has 6 nitrogen and oxygen atoms in total. The maximum Gasteiger partial charge on any atom is 0.276 e. The largest absolute Gasteiger partial charge is 0.377 e. The Labute approximate surface area is 117 Å². The fourth-order valence-electron chi connectivity index (χ4n) is 2.22. The molecule has 0 radical (unpaired) electrons. The molecule has 1 aromatic carbocycles. The van der Waals surface area contributed by atoms with Crippen LogP contribution in [-0.2, 0) is 4.74 Å². The minimum Gasteiger partial charge on any atom is -0.377 e. The number of morpholine rings is 1. The van der Waals surface area contributed by atoms with Crippen molar-refractivity contribution in [2.45, 2.75) is 13.0 Å². The number of carbonyl (C=O) groups is 1. The summed E-state index contributed by atoms with van der Waals surface area (Å²) in [7, 11) is 0. The lowest BCUT2D eigenvalue weighted by atomic mass is 10.2. The van der Waals surface area contributed by atoms with E-state index in [1.54, 1.807) is 4.90 Å². The van der Waals surface area contributed by atoms with E-state index >= 15 is 0 Å². The zero-order chi connectivity index (χ0) is 13.9. The SMILES string of the molecule is C[C@@H]1COCCN1C(=O)c1cnn(-c2ccccc2)n1. The number of nitrogens with zero attached hydrogens (tertiary/aromatic N) is 4. The number of aromatic nitrogens is 3. The van der Waals surface area contributed by atoms with Gasteiger partial charge in [-0.05, 0) is 19.1 Å². The second-order valence-electron chi connectivity index (χ2n) is 4.78. The third-order valence-electron chi connectivity index (χ3n) is 3.33. The smallest absolute Gasteiger partial charge is 0.276 e. The first-order valence-electron chi connectivity index (χ1n) is 6.62. The molecular weight excluding hydrogens is 256 g/mol. The van der Waals surface area contributed by atoms with E-state index in [0.717, 1.165) is 5.69 Å². The first-order valence-corrected chi connectivity index (χ1v) is 6.62. The number of carbonyl (C=O) groups excluding carboxylic acids is 1. The lowest BCUT2D eigenvalue weighted by Gasteiger charge is -2.32. The van der Waals surface area contributed by atoms with Crippen molar-refractivity contribution in [1.82, 2.24) is 19.9 Å². The second kappa shape index (κ2) is 5.42. The van der Waals surface area contributed by atoms with Crippen molar-refractivity contribution in [3.8, 4) is 5.69 Å². The zero-order valence-corrected chi connectivity index (χ0v) is 11.3. The van der Waals surface area contributed by atoms with Crippen LogP contribution in [-0.4, -0.2) is 51.6 Å². The Bertz CT molecular complexity index is 596. The number of para-hydroxylation sites is 1. The van der Waals surface area contributed by atoms with Crippen LogP contribution >= 0.6 is 0 Å². The fraction of sp³-hybridized carbons (Fsp3) is 0.357. The molecular formula is C14H16N4O2. The monoisotopic (exact) mass is 272 g/mol. The third-order valence-corrected chi connectivity index (χ3v) is 3.33. The number of hydrogen-bond acceptors (Lipinski definition) is 4. The lowest BCUT2D eigenvalue weighted by Crippen LogP contribution is -2.47. The molecule has 1 aliphatic heterocycles. The summed E-state index contributed by atoms with van der Waals surface area (Å²) < 4.78 is 5.34. The van der Waals surface area contributed by atoms with Crippen molar-refractivity contribution in [2.24, 2.45) is 0 Å². The van der Waals surface area contributed by atoms with Crippen molar-refractivity contribution in [3.05, 3.63) is 42.2 Å². The van der Waals surface area contributed by atoms with Gasteiger partial charge in [-0.15, -0.1) is 5.10 Å². The van der Waals surface area contributed by atoms with E-state index in [4.69, 9.17) is 4.74 Å². The molecule has 104 valence electrons. The van der Waals surface area contributed by atoms with E-state index in [-0.39, 0.29) is 11.9 Å². The fourth-order valence-corrected chi connectivity index (χ4v) is 2.22. The van der Waals surface area contributed by atoms with Crippen LogP contribution < -0.4 is 0 Å². The highest BCUT2D eigenvalue weighted by molar-refractivity contribution is 5.92. The van der Waals surface area contributed by atoms with Crippen LogP contribution in [0.25, 0.3) is 5.69 Å². The molecule has 1 fully saturated rings. The van der Waals surface area contributed by atoms with Crippen molar-refractivity contribution < 1.29 is 9.53 Å². The highest BCUT2D eigenvalue weighted by Crippen LogP contribution is 2.11. The molecule has 20 heavy (non-hydrogen) atoms. The van der Waals surface area contributed by atoms with Gasteiger partial charge in [0.2, 0.25) is 0 Å². The summed E-state index contributed by atoms with van der Waals surface area (Å²) in [6.07, 6.45) is 1.51. The topological polar surface area (TPSA) is 60.2 Å². The molecule has 0 N–H and O–H groups in total. The van der Waals surface area contributed by atoms with Gasteiger partial charge in [0.25, 0.3) is 5.91 Å². The molecule has 0 aliphatic carbocycles. The van der Waals surface area contributed by atoms with E-state index in [1.807, 2.05) is 37.3 Å². The molecule has 0 spiro atoms. The summed E-state index contributed by atoms with van der Waals surface area (Å²) in [5, 5.41) is 8.42. The summed E-state index contributed by atoms with van der Waals surface area (Å²) in [4.78, 5) is 15.7. The molecule has 3 rings (SSSR count). The molecule has 1 amide bonds. The van der Waals surface area contributed by atoms with E-state index in [0.29, 0.717) is 25.5 Å². The number of ether oxygens (including phenoxy) is 1. The van der Waals surface area contributed by atoms with E-state index in [2.05, 4.69) is 10.2 Å². The Morgan fingerprint density at radius 3 is 2.90 bits per heavy atom. The summed E-state index contributed by atoms with van der Waals surface area (Å²) in [6.45, 7) is 3.71. The maximum absolute atomic E-state index is 12.4. The number of rotatable bonds is 2. The van der Waals surface area contributed by atoms with Crippen molar-refractivity contribution >= 4 is 5.91 Å². The van der Waals surface area contributed by atoms with Gasteiger partial charge in [-0.1, -0.05) is 18.2 Å². The molecule has 1 atom stereocenters. The zero-order valence-electron chi connectivity index (χ0n) is 11.3. The molecule has 1 saturated heterocycles. The van der Waals surface area contributed by atoms with Crippen molar-refractivity contribution in [3.63, 3.8) is 0 Å². The minimum atomic E-state index is -0.0945. The molecule has 0 saturated carbocycles. The highest BCUT2D eigenvalue weighted by Gasteiger charge is 2.26. The average Bonchev–Trinajstić information content (AvgIpc) is 2.98. The summed E-state index contributed by atoms with van der Waals surface area (Å²) in [5.41, 5.74) is 1.20. The van der Waals surface area contributed by atoms with Gasteiger partial charge in [0.1, 0.15) is 0 Å².